The lowest BCUT2D eigenvalue weighted by molar-refractivity contribution is -0.118. The molecule has 0 heterocycles. The molecule has 1 aromatic rings. The number of hydrogen-bond acceptors (Lipinski definition) is 4. The minimum Gasteiger partial charge on any atom is -0.378 e. The van der Waals surface area contributed by atoms with E-state index in [1.165, 1.54) is 69.5 Å². The lowest BCUT2D eigenvalue weighted by Gasteiger charge is -2.22. The molecule has 0 radical (unpaired) electrons. The number of rotatable bonds is 16. The van der Waals surface area contributed by atoms with Crippen molar-refractivity contribution in [2.75, 3.05) is 31.9 Å². The molecular weight excluding hydrogens is 378 g/mol. The minimum absolute atomic E-state index is 0.140. The Morgan fingerprint density at radius 1 is 0.931 bits per heavy atom. The van der Waals surface area contributed by atoms with E-state index >= 15 is 0 Å². The number of benzene rings is 1. The number of ether oxygens (including phenoxy) is 1. The molecule has 0 aliphatic rings. The maximum atomic E-state index is 12.6. The van der Waals surface area contributed by atoms with E-state index in [0.717, 1.165) is 23.4 Å². The van der Waals surface area contributed by atoms with Crippen LogP contribution in [0.25, 0.3) is 0 Å². The van der Waals surface area contributed by atoms with Crippen LogP contribution in [0.15, 0.2) is 24.3 Å². The first-order valence-corrected chi connectivity index (χ1v) is 12.5. The molecule has 0 amide bonds. The molecule has 3 nitrogen and oxygen atoms in total. The third kappa shape index (κ3) is 10.5. The fourth-order valence-corrected chi connectivity index (χ4v) is 4.54. The monoisotopic (exact) mass is 421 g/mol. The number of carbonyl (C=O) groups excluding carboxylic acids is 1. The molecule has 0 aliphatic carbocycles. The average Bonchev–Trinajstić information content (AvgIpc) is 2.72. The number of unbranched alkanes of at least 4 members (excludes halogenated alkanes) is 9. The predicted molar refractivity (Wildman–Crippen MR) is 129 cm³/mol. The Labute approximate surface area is 184 Å². The Bertz CT molecular complexity index is 544. The second kappa shape index (κ2) is 15.8. The summed E-state index contributed by atoms with van der Waals surface area (Å²) in [5.41, 5.74) is 2.22. The van der Waals surface area contributed by atoms with Gasteiger partial charge in [-0.3, -0.25) is 4.79 Å². The van der Waals surface area contributed by atoms with Crippen LogP contribution in [0.4, 0.5) is 5.69 Å². The van der Waals surface area contributed by atoms with E-state index in [4.69, 9.17) is 4.74 Å². The van der Waals surface area contributed by atoms with Crippen molar-refractivity contribution in [3.8, 4) is 0 Å². The Hall–Kier alpha value is -1.00. The third-order valence-corrected chi connectivity index (χ3v) is 6.71. The molecule has 0 aliphatic heterocycles. The fraction of sp³-hybridized carbons (Fsp3) is 0.720. The van der Waals surface area contributed by atoms with Crippen LogP contribution in [0, 0.1) is 5.92 Å². The Morgan fingerprint density at radius 2 is 1.45 bits per heavy atom. The molecule has 0 saturated carbocycles. The molecule has 4 heteroatoms. The van der Waals surface area contributed by atoms with Gasteiger partial charge in [0.1, 0.15) is 0 Å². The molecular formula is C25H43NO2S. The summed E-state index contributed by atoms with van der Waals surface area (Å²) < 4.78 is 5.68. The molecule has 0 saturated heterocycles. The summed E-state index contributed by atoms with van der Waals surface area (Å²) in [5.74, 6) is 0.786. The van der Waals surface area contributed by atoms with Gasteiger partial charge in [-0.2, -0.15) is 0 Å². The summed E-state index contributed by atoms with van der Waals surface area (Å²) in [5, 5.41) is 0.240. The van der Waals surface area contributed by atoms with Crippen LogP contribution < -0.4 is 4.90 Å². The molecule has 166 valence electrons. The zero-order valence-corrected chi connectivity index (χ0v) is 20.2. The summed E-state index contributed by atoms with van der Waals surface area (Å²) in [7, 11) is 5.75. The SMILES string of the molecule is CCCCCCCCCCCCSC(=O)[C@@H](C)[C@@H](OC)c1ccc(N(C)C)cc1. The van der Waals surface area contributed by atoms with Gasteiger partial charge in [-0.1, -0.05) is 95.5 Å². The van der Waals surface area contributed by atoms with E-state index in [2.05, 4.69) is 36.1 Å². The maximum Gasteiger partial charge on any atom is 0.194 e. The van der Waals surface area contributed by atoms with E-state index in [0.29, 0.717) is 0 Å². The summed E-state index contributed by atoms with van der Waals surface area (Å²) >= 11 is 1.48. The summed E-state index contributed by atoms with van der Waals surface area (Å²) in [6.07, 6.45) is 13.1. The van der Waals surface area contributed by atoms with E-state index in [1.54, 1.807) is 7.11 Å². The summed E-state index contributed by atoms with van der Waals surface area (Å²) in [4.78, 5) is 14.7. The normalized spacial score (nSPS) is 13.3. The van der Waals surface area contributed by atoms with Gasteiger partial charge in [0.25, 0.3) is 0 Å². The van der Waals surface area contributed by atoms with Crippen molar-refractivity contribution in [3.63, 3.8) is 0 Å². The van der Waals surface area contributed by atoms with Crippen molar-refractivity contribution >= 4 is 22.6 Å². The minimum atomic E-state index is -0.182. The van der Waals surface area contributed by atoms with Crippen molar-refractivity contribution in [2.45, 2.75) is 84.2 Å². The zero-order chi connectivity index (χ0) is 21.5. The second-order valence-electron chi connectivity index (χ2n) is 8.28. The number of methoxy groups -OCH3 is 1. The molecule has 1 aromatic carbocycles. The molecule has 29 heavy (non-hydrogen) atoms. The van der Waals surface area contributed by atoms with Crippen LogP contribution >= 0.6 is 11.8 Å². The first kappa shape index (κ1) is 26.0. The standard InChI is InChI=1S/C25H43NO2S/c1-6-7-8-9-10-11-12-13-14-15-20-29-25(27)21(2)24(28-5)22-16-18-23(19-17-22)26(3)4/h16-19,21,24H,6-15,20H2,1-5H3/t21-,24+/m0/s1. The molecule has 0 bridgehead atoms. The quantitative estimate of drug-likeness (QED) is 0.263. The molecule has 0 unspecified atom stereocenters. The average molecular weight is 422 g/mol. The summed E-state index contributed by atoms with van der Waals surface area (Å²) in [6, 6.07) is 8.30. The van der Waals surface area contributed by atoms with E-state index in [9.17, 15) is 4.79 Å². The van der Waals surface area contributed by atoms with Crippen LogP contribution in [0.5, 0.6) is 0 Å². The molecule has 0 spiro atoms. The van der Waals surface area contributed by atoms with E-state index in [1.807, 2.05) is 21.0 Å². The molecule has 0 aromatic heterocycles. The highest BCUT2D eigenvalue weighted by Crippen LogP contribution is 2.30. The van der Waals surface area contributed by atoms with Crippen LogP contribution in [-0.4, -0.2) is 32.1 Å². The predicted octanol–water partition coefficient (Wildman–Crippen LogP) is 7.26. The largest absolute Gasteiger partial charge is 0.378 e. The first-order valence-electron chi connectivity index (χ1n) is 11.5. The Balaban J connectivity index is 2.23. The van der Waals surface area contributed by atoms with Gasteiger partial charge in [-0.15, -0.1) is 0 Å². The maximum absolute atomic E-state index is 12.6. The Kier molecular flexibility index (Phi) is 14.2. The van der Waals surface area contributed by atoms with Gasteiger partial charge in [-0.05, 0) is 24.1 Å². The van der Waals surface area contributed by atoms with Crippen LogP contribution in [0.1, 0.15) is 89.7 Å². The van der Waals surface area contributed by atoms with Crippen LogP contribution in [0.2, 0.25) is 0 Å². The van der Waals surface area contributed by atoms with Gasteiger partial charge in [0.15, 0.2) is 5.12 Å². The van der Waals surface area contributed by atoms with Gasteiger partial charge >= 0.3 is 0 Å². The smallest absolute Gasteiger partial charge is 0.194 e. The highest BCUT2D eigenvalue weighted by molar-refractivity contribution is 8.13. The van der Waals surface area contributed by atoms with Gasteiger partial charge in [-0.25, -0.2) is 0 Å². The summed E-state index contributed by atoms with van der Waals surface area (Å²) in [6.45, 7) is 4.25. The number of anilines is 1. The van der Waals surface area contributed by atoms with Gasteiger partial charge in [0.2, 0.25) is 0 Å². The zero-order valence-electron chi connectivity index (χ0n) is 19.4. The number of carbonyl (C=O) groups is 1. The number of hydrogen-bond donors (Lipinski definition) is 0. The van der Waals surface area contributed by atoms with Crippen molar-refractivity contribution in [2.24, 2.45) is 5.92 Å². The third-order valence-electron chi connectivity index (χ3n) is 5.56. The first-order chi connectivity index (χ1) is 14.0. The second-order valence-corrected chi connectivity index (χ2v) is 9.38. The van der Waals surface area contributed by atoms with Gasteiger partial charge in [0.05, 0.1) is 12.0 Å². The lowest BCUT2D eigenvalue weighted by atomic mass is 9.98. The van der Waals surface area contributed by atoms with Crippen molar-refractivity contribution in [3.05, 3.63) is 29.8 Å². The van der Waals surface area contributed by atoms with E-state index in [-0.39, 0.29) is 17.1 Å². The Morgan fingerprint density at radius 3 is 1.93 bits per heavy atom. The number of thioether (sulfide) groups is 1. The highest BCUT2D eigenvalue weighted by Gasteiger charge is 2.25. The molecule has 2 atom stereocenters. The molecule has 1 rings (SSSR count). The number of nitrogens with zero attached hydrogens (tertiary/aromatic N) is 1. The van der Waals surface area contributed by atoms with Crippen molar-refractivity contribution < 1.29 is 9.53 Å². The van der Waals surface area contributed by atoms with Gasteiger partial charge < -0.3 is 9.64 Å². The van der Waals surface area contributed by atoms with E-state index < -0.39 is 0 Å². The highest BCUT2D eigenvalue weighted by atomic mass is 32.2. The van der Waals surface area contributed by atoms with Crippen LogP contribution in [-0.2, 0) is 9.53 Å². The topological polar surface area (TPSA) is 29.5 Å². The van der Waals surface area contributed by atoms with Crippen molar-refractivity contribution in [1.82, 2.24) is 0 Å². The molecule has 0 N–H and O–H groups in total. The molecule has 0 fully saturated rings. The lowest BCUT2D eigenvalue weighted by Crippen LogP contribution is -2.19. The van der Waals surface area contributed by atoms with Crippen LogP contribution in [0.3, 0.4) is 0 Å². The van der Waals surface area contributed by atoms with Gasteiger partial charge in [0, 0.05) is 32.6 Å². The van der Waals surface area contributed by atoms with Crippen molar-refractivity contribution in [1.29, 1.82) is 0 Å². The fourth-order valence-electron chi connectivity index (χ4n) is 3.61.